The zero-order valence-corrected chi connectivity index (χ0v) is 6.36. The Morgan fingerprint density at radius 3 is 2.09 bits per heavy atom. The van der Waals surface area contributed by atoms with Crippen molar-refractivity contribution in [3.63, 3.8) is 0 Å². The molecule has 0 atom stereocenters. The lowest BCUT2D eigenvalue weighted by Gasteiger charge is -1.99. The zero-order valence-electron chi connectivity index (χ0n) is 5.47. The van der Waals surface area contributed by atoms with E-state index in [4.69, 9.17) is 14.9 Å². The molecule has 0 rings (SSSR count). The van der Waals surface area contributed by atoms with Crippen LogP contribution in [0.1, 0.15) is 0 Å². The minimum absolute atomic E-state index is 0.514. The Morgan fingerprint density at radius 1 is 1.36 bits per heavy atom. The molecule has 0 saturated heterocycles. The molecule has 0 aromatic carbocycles. The van der Waals surface area contributed by atoms with Gasteiger partial charge in [0, 0.05) is 6.08 Å². The number of carboxylic acid groups (broad SMARTS) is 1. The van der Waals surface area contributed by atoms with Crippen LogP contribution >= 0.6 is 7.60 Å². The van der Waals surface area contributed by atoms with Crippen LogP contribution in [0, 0.1) is 0 Å². The van der Waals surface area contributed by atoms with Crippen molar-refractivity contribution in [2.45, 2.75) is 0 Å². The van der Waals surface area contributed by atoms with Crippen LogP contribution in [0.4, 0.5) is 0 Å². The van der Waals surface area contributed by atoms with Crippen LogP contribution < -0.4 is 0 Å². The molecule has 0 radical (unpaired) electrons. The van der Waals surface area contributed by atoms with Gasteiger partial charge in [-0.3, -0.25) is 4.57 Å². The molecule has 0 bridgehead atoms. The molecule has 0 aliphatic carbocycles. The van der Waals surface area contributed by atoms with Crippen molar-refractivity contribution in [2.24, 2.45) is 0 Å². The molecule has 3 N–H and O–H groups in total. The topological polar surface area (TPSA) is 94.8 Å². The first-order valence-electron chi connectivity index (χ1n) is 2.50. The monoisotopic (exact) mass is 178 g/mol. The predicted molar refractivity (Wildman–Crippen MR) is 38.0 cm³/mol. The van der Waals surface area contributed by atoms with Gasteiger partial charge >= 0.3 is 13.6 Å². The standard InChI is InChI=1S/C5H7O5P/c1-4(11(8,9)10)2-3-5(6)7/h2-3H,1H2,(H,6,7)(H2,8,9,10). The number of rotatable bonds is 3. The smallest absolute Gasteiger partial charge is 0.355 e. The van der Waals surface area contributed by atoms with Crippen LogP contribution in [0.2, 0.25) is 0 Å². The van der Waals surface area contributed by atoms with Gasteiger partial charge in [-0.05, 0) is 6.08 Å². The van der Waals surface area contributed by atoms with Crippen molar-refractivity contribution >= 4 is 13.6 Å². The SMILES string of the molecule is C=C(C=CC(=O)O)P(=O)(O)O. The molecular formula is C5H7O5P. The van der Waals surface area contributed by atoms with E-state index in [0.29, 0.717) is 6.08 Å². The number of carbonyl (C=O) groups is 1. The van der Waals surface area contributed by atoms with Gasteiger partial charge in [0.25, 0.3) is 0 Å². The fraction of sp³-hybridized carbons (Fsp3) is 0. The molecule has 0 amide bonds. The number of aliphatic carboxylic acids is 1. The highest BCUT2D eigenvalue weighted by molar-refractivity contribution is 7.56. The van der Waals surface area contributed by atoms with Crippen molar-refractivity contribution < 1.29 is 24.3 Å². The minimum atomic E-state index is -4.36. The summed E-state index contributed by atoms with van der Waals surface area (Å²) in [5, 5.41) is 7.53. The van der Waals surface area contributed by atoms with Crippen LogP contribution in [-0.2, 0) is 9.36 Å². The Balaban J connectivity index is 4.33. The van der Waals surface area contributed by atoms with Gasteiger partial charge in [-0.15, -0.1) is 0 Å². The van der Waals surface area contributed by atoms with E-state index in [2.05, 4.69) is 6.58 Å². The second-order valence-corrected chi connectivity index (χ2v) is 3.37. The lowest BCUT2D eigenvalue weighted by molar-refractivity contribution is -0.131. The summed E-state index contributed by atoms with van der Waals surface area (Å²) < 4.78 is 10.3. The van der Waals surface area contributed by atoms with E-state index >= 15 is 0 Å². The Bertz CT molecular complexity index is 248. The normalized spacial score (nSPS) is 11.8. The van der Waals surface area contributed by atoms with Gasteiger partial charge in [-0.25, -0.2) is 4.79 Å². The number of allylic oxidation sites excluding steroid dienone is 2. The Labute approximate surface area is 62.8 Å². The lowest BCUT2D eigenvalue weighted by Crippen LogP contribution is -1.87. The third-order valence-corrected chi connectivity index (χ3v) is 1.69. The maximum absolute atomic E-state index is 10.3. The number of hydrogen-bond donors (Lipinski definition) is 3. The summed E-state index contributed by atoms with van der Waals surface area (Å²) in [6.07, 6.45) is 1.38. The van der Waals surface area contributed by atoms with Gasteiger partial charge in [0.2, 0.25) is 0 Å². The van der Waals surface area contributed by atoms with Crippen molar-refractivity contribution in [3.8, 4) is 0 Å². The molecule has 0 aliphatic rings. The van der Waals surface area contributed by atoms with E-state index in [1.54, 1.807) is 0 Å². The van der Waals surface area contributed by atoms with Gasteiger partial charge in [-0.1, -0.05) is 6.58 Å². The molecule has 0 saturated carbocycles. The highest BCUT2D eigenvalue weighted by atomic mass is 31.2. The van der Waals surface area contributed by atoms with E-state index in [1.165, 1.54) is 0 Å². The molecule has 62 valence electrons. The van der Waals surface area contributed by atoms with Gasteiger partial charge in [0.05, 0.1) is 5.31 Å². The first-order chi connectivity index (χ1) is 4.84. The van der Waals surface area contributed by atoms with Crippen LogP contribution in [0.15, 0.2) is 24.0 Å². The molecule has 0 aromatic heterocycles. The summed E-state index contributed by atoms with van der Waals surface area (Å²) in [5.74, 6) is -1.28. The molecule has 0 aliphatic heterocycles. The Hall–Kier alpha value is -0.900. The summed E-state index contributed by atoms with van der Waals surface area (Å²) in [4.78, 5) is 26.6. The predicted octanol–water partition coefficient (Wildman–Crippen LogP) is 0.319. The molecule has 0 fully saturated rings. The summed E-state index contributed by atoms with van der Waals surface area (Å²) >= 11 is 0. The molecule has 5 nitrogen and oxygen atoms in total. The first-order valence-corrected chi connectivity index (χ1v) is 4.11. The molecule has 11 heavy (non-hydrogen) atoms. The summed E-state index contributed by atoms with van der Waals surface area (Å²) in [5.41, 5.74) is 0. The molecule has 0 spiro atoms. The van der Waals surface area contributed by atoms with Gasteiger partial charge in [0.1, 0.15) is 0 Å². The third kappa shape index (κ3) is 4.50. The fourth-order valence-corrected chi connectivity index (χ4v) is 0.533. The quantitative estimate of drug-likeness (QED) is 0.328. The van der Waals surface area contributed by atoms with E-state index in [1.807, 2.05) is 0 Å². The van der Waals surface area contributed by atoms with E-state index < -0.39 is 18.9 Å². The second-order valence-electron chi connectivity index (χ2n) is 1.71. The summed E-state index contributed by atoms with van der Waals surface area (Å²) in [6, 6.07) is 0. The number of hydrogen-bond acceptors (Lipinski definition) is 2. The van der Waals surface area contributed by atoms with Gasteiger partial charge < -0.3 is 14.9 Å². The highest BCUT2D eigenvalue weighted by Gasteiger charge is 2.15. The van der Waals surface area contributed by atoms with Crippen LogP contribution in [0.3, 0.4) is 0 Å². The molecule has 0 heterocycles. The Kier molecular flexibility index (Phi) is 3.19. The average Bonchev–Trinajstić information content (AvgIpc) is 1.80. The van der Waals surface area contributed by atoms with Crippen molar-refractivity contribution in [2.75, 3.05) is 0 Å². The highest BCUT2D eigenvalue weighted by Crippen LogP contribution is 2.44. The summed E-state index contributed by atoms with van der Waals surface area (Å²) in [6.45, 7) is 2.98. The van der Waals surface area contributed by atoms with Gasteiger partial charge in [-0.2, -0.15) is 0 Å². The zero-order chi connectivity index (χ0) is 9.07. The molecular weight excluding hydrogens is 171 g/mol. The van der Waals surface area contributed by atoms with Crippen LogP contribution in [0.25, 0.3) is 0 Å². The van der Waals surface area contributed by atoms with Crippen molar-refractivity contribution in [3.05, 3.63) is 24.0 Å². The van der Waals surface area contributed by atoms with E-state index in [0.717, 1.165) is 6.08 Å². The second kappa shape index (κ2) is 3.48. The molecule has 6 heteroatoms. The third-order valence-electron chi connectivity index (χ3n) is 0.792. The fourth-order valence-electron chi connectivity index (χ4n) is 0.265. The van der Waals surface area contributed by atoms with Crippen LogP contribution in [0.5, 0.6) is 0 Å². The first kappa shape index (κ1) is 10.1. The maximum Gasteiger partial charge on any atom is 0.355 e. The summed E-state index contributed by atoms with van der Waals surface area (Å²) in [7, 11) is -4.36. The Morgan fingerprint density at radius 2 is 1.82 bits per heavy atom. The minimum Gasteiger partial charge on any atom is -0.478 e. The van der Waals surface area contributed by atoms with E-state index in [-0.39, 0.29) is 0 Å². The van der Waals surface area contributed by atoms with Crippen molar-refractivity contribution in [1.29, 1.82) is 0 Å². The lowest BCUT2D eigenvalue weighted by atomic mass is 10.5. The largest absolute Gasteiger partial charge is 0.478 e. The average molecular weight is 178 g/mol. The van der Waals surface area contributed by atoms with Gasteiger partial charge in [0.15, 0.2) is 0 Å². The molecule has 0 aromatic rings. The van der Waals surface area contributed by atoms with Crippen LogP contribution in [-0.4, -0.2) is 20.9 Å². The maximum atomic E-state index is 10.3. The number of carboxylic acids is 1. The molecule has 0 unspecified atom stereocenters. The van der Waals surface area contributed by atoms with E-state index in [9.17, 15) is 9.36 Å². The van der Waals surface area contributed by atoms with Crippen molar-refractivity contribution in [1.82, 2.24) is 0 Å².